The van der Waals surface area contributed by atoms with Gasteiger partial charge in [-0.3, -0.25) is 4.79 Å². The second-order valence-corrected chi connectivity index (χ2v) is 8.58. The molecule has 0 bridgehead atoms. The first-order valence-electron chi connectivity index (χ1n) is 8.03. The number of halogens is 5. The van der Waals surface area contributed by atoms with Crippen LogP contribution in [0.25, 0.3) is 16.2 Å². The molecule has 1 aliphatic rings. The Morgan fingerprint density at radius 2 is 1.93 bits per heavy atom. The van der Waals surface area contributed by atoms with Gasteiger partial charge >= 0.3 is 6.18 Å². The third-order valence-corrected chi connectivity index (χ3v) is 6.59. The maximum Gasteiger partial charge on any atom is 0.433 e. The molecule has 0 N–H and O–H groups in total. The lowest BCUT2D eigenvalue weighted by atomic mass is 10.2. The van der Waals surface area contributed by atoms with E-state index in [1.54, 1.807) is 11.4 Å². The van der Waals surface area contributed by atoms with E-state index in [1.807, 2.05) is 0 Å². The number of nitrogens with zero attached hydrogens (tertiary/aromatic N) is 4. The van der Waals surface area contributed by atoms with E-state index in [4.69, 9.17) is 4.74 Å². The third kappa shape index (κ3) is 3.58. The topological polar surface area (TPSA) is 59.7 Å². The van der Waals surface area contributed by atoms with Gasteiger partial charge in [0.05, 0.1) is 28.3 Å². The van der Waals surface area contributed by atoms with Crippen molar-refractivity contribution < 1.29 is 22.7 Å². The molecule has 1 saturated heterocycles. The van der Waals surface area contributed by atoms with Crippen LogP contribution in [0.1, 0.15) is 16.2 Å². The van der Waals surface area contributed by atoms with Crippen LogP contribution < -0.4 is 0 Å². The zero-order chi connectivity index (χ0) is 20.1. The average Bonchev–Trinajstić information content (AvgIpc) is 3.24. The molecule has 12 heteroatoms. The summed E-state index contributed by atoms with van der Waals surface area (Å²) in [5, 5.41) is 5.70. The Kier molecular flexibility index (Phi) is 5.23. The Labute approximate surface area is 177 Å². The predicted molar refractivity (Wildman–Crippen MR) is 103 cm³/mol. The number of hydrogen-bond acceptors (Lipinski definition) is 5. The van der Waals surface area contributed by atoms with Crippen LogP contribution in [-0.2, 0) is 10.9 Å². The van der Waals surface area contributed by atoms with Crippen LogP contribution in [0.5, 0.6) is 0 Å². The largest absolute Gasteiger partial charge is 0.433 e. The second kappa shape index (κ2) is 7.39. The Bertz CT molecular complexity index is 1060. The molecule has 1 fully saturated rings. The number of rotatable bonds is 2. The summed E-state index contributed by atoms with van der Waals surface area (Å²) >= 11 is 7.79. The van der Waals surface area contributed by atoms with E-state index in [-0.39, 0.29) is 21.5 Å². The van der Waals surface area contributed by atoms with E-state index in [2.05, 4.69) is 41.9 Å². The van der Waals surface area contributed by atoms with E-state index in [0.717, 1.165) is 10.5 Å². The molecule has 6 nitrogen and oxygen atoms in total. The summed E-state index contributed by atoms with van der Waals surface area (Å²) in [6.45, 7) is 1.46. The first-order valence-corrected chi connectivity index (χ1v) is 10.5. The summed E-state index contributed by atoms with van der Waals surface area (Å²) < 4.78 is 47.8. The molecule has 1 aliphatic heterocycles. The third-order valence-electron chi connectivity index (χ3n) is 4.14. The fraction of sp³-hybridized carbons (Fsp3) is 0.312. The number of fused-ring (bicyclic) bond motifs is 1. The number of aromatic nitrogens is 3. The van der Waals surface area contributed by atoms with Crippen molar-refractivity contribution in [1.82, 2.24) is 19.5 Å². The number of carbonyl (C=O) groups is 1. The molecule has 0 aromatic carbocycles. The number of hydrogen-bond donors (Lipinski definition) is 0. The zero-order valence-electron chi connectivity index (χ0n) is 14.0. The van der Waals surface area contributed by atoms with Crippen molar-refractivity contribution in [3.8, 4) is 10.6 Å². The van der Waals surface area contributed by atoms with Crippen LogP contribution in [-0.4, -0.2) is 51.7 Å². The molecule has 0 unspecified atom stereocenters. The zero-order valence-corrected chi connectivity index (χ0v) is 18.0. The molecule has 148 valence electrons. The summed E-state index contributed by atoms with van der Waals surface area (Å²) in [5.41, 5.74) is -1.02. The molecule has 0 spiro atoms. The first kappa shape index (κ1) is 19.8. The van der Waals surface area contributed by atoms with Crippen LogP contribution in [0.2, 0.25) is 0 Å². The van der Waals surface area contributed by atoms with E-state index in [0.29, 0.717) is 35.7 Å². The molecule has 0 aliphatic carbocycles. The quantitative estimate of drug-likeness (QED) is 0.482. The molecule has 28 heavy (non-hydrogen) atoms. The summed E-state index contributed by atoms with van der Waals surface area (Å²) in [7, 11) is 0. The Morgan fingerprint density at radius 3 is 2.54 bits per heavy atom. The van der Waals surface area contributed by atoms with Crippen LogP contribution in [0.4, 0.5) is 13.2 Å². The summed E-state index contributed by atoms with van der Waals surface area (Å²) in [4.78, 5) is 19.2. The van der Waals surface area contributed by atoms with E-state index >= 15 is 0 Å². The highest BCUT2D eigenvalue weighted by Gasteiger charge is 2.37. The SMILES string of the molecule is O=C(c1nn2c(C(F)(F)F)cc(-c3cc(Br)cs3)nc2c1Br)N1CCOCC1. The second-order valence-electron chi connectivity index (χ2n) is 5.96. The minimum atomic E-state index is -4.67. The first-order chi connectivity index (χ1) is 13.3. The van der Waals surface area contributed by atoms with E-state index in [1.165, 1.54) is 16.2 Å². The van der Waals surface area contributed by atoms with E-state index < -0.39 is 17.8 Å². The average molecular weight is 540 g/mol. The maximum absolute atomic E-state index is 13.7. The van der Waals surface area contributed by atoms with Crippen LogP contribution >= 0.6 is 43.2 Å². The summed E-state index contributed by atoms with van der Waals surface area (Å²) in [6.07, 6.45) is -4.67. The van der Waals surface area contributed by atoms with Crippen molar-refractivity contribution in [2.24, 2.45) is 0 Å². The van der Waals surface area contributed by atoms with Gasteiger partial charge in [-0.05, 0) is 44.0 Å². The van der Waals surface area contributed by atoms with Gasteiger partial charge in [-0.2, -0.15) is 18.3 Å². The molecule has 0 atom stereocenters. The summed E-state index contributed by atoms with van der Waals surface area (Å²) in [5.74, 6) is -0.464. The Hall–Kier alpha value is -1.50. The monoisotopic (exact) mass is 538 g/mol. The minimum Gasteiger partial charge on any atom is -0.378 e. The van der Waals surface area contributed by atoms with Gasteiger partial charge in [0, 0.05) is 22.9 Å². The Morgan fingerprint density at radius 1 is 1.21 bits per heavy atom. The molecule has 3 aromatic heterocycles. The molecule has 0 radical (unpaired) electrons. The van der Waals surface area contributed by atoms with Crippen LogP contribution in [0.3, 0.4) is 0 Å². The number of morpholine rings is 1. The van der Waals surface area contributed by atoms with Crippen molar-refractivity contribution in [1.29, 1.82) is 0 Å². The van der Waals surface area contributed by atoms with Gasteiger partial charge in [0.1, 0.15) is 0 Å². The van der Waals surface area contributed by atoms with Crippen LogP contribution in [0.15, 0.2) is 26.5 Å². The molecule has 4 heterocycles. The van der Waals surface area contributed by atoms with Gasteiger partial charge in [0.25, 0.3) is 5.91 Å². The number of ether oxygens (including phenoxy) is 1. The van der Waals surface area contributed by atoms with Crippen molar-refractivity contribution >= 4 is 54.8 Å². The standard InChI is InChI=1S/C16H11Br2F3N4O2S/c17-8-5-10(28-7-8)9-6-11(16(19,20)21)25-14(22-9)12(18)13(23-25)15(26)24-1-3-27-4-2-24/h5-7H,1-4H2. The van der Waals surface area contributed by atoms with Crippen molar-refractivity contribution in [2.75, 3.05) is 26.3 Å². The lowest BCUT2D eigenvalue weighted by molar-refractivity contribution is -0.142. The fourth-order valence-electron chi connectivity index (χ4n) is 2.82. The number of carbonyl (C=O) groups excluding carboxylic acids is 1. The predicted octanol–water partition coefficient (Wildman–Crippen LogP) is 4.47. The fourth-order valence-corrected chi connectivity index (χ4v) is 4.71. The van der Waals surface area contributed by atoms with Gasteiger partial charge in [-0.1, -0.05) is 0 Å². The van der Waals surface area contributed by atoms with Crippen molar-refractivity contribution in [3.63, 3.8) is 0 Å². The van der Waals surface area contributed by atoms with Crippen LogP contribution in [0, 0.1) is 0 Å². The molecular formula is C16H11Br2F3N4O2S. The number of thiophene rings is 1. The molecular weight excluding hydrogens is 529 g/mol. The lowest BCUT2D eigenvalue weighted by Gasteiger charge is -2.26. The van der Waals surface area contributed by atoms with Gasteiger partial charge in [-0.15, -0.1) is 11.3 Å². The van der Waals surface area contributed by atoms with Gasteiger partial charge < -0.3 is 9.64 Å². The number of amides is 1. The van der Waals surface area contributed by atoms with Gasteiger partial charge in [0.15, 0.2) is 17.0 Å². The number of alkyl halides is 3. The smallest absolute Gasteiger partial charge is 0.378 e. The highest BCUT2D eigenvalue weighted by Crippen LogP contribution is 2.37. The lowest BCUT2D eigenvalue weighted by Crippen LogP contribution is -2.41. The van der Waals surface area contributed by atoms with E-state index in [9.17, 15) is 18.0 Å². The van der Waals surface area contributed by atoms with Gasteiger partial charge in [-0.25, -0.2) is 9.50 Å². The molecule has 4 rings (SSSR count). The Balaban J connectivity index is 1.89. The maximum atomic E-state index is 13.7. The van der Waals surface area contributed by atoms with Gasteiger partial charge in [0.2, 0.25) is 0 Å². The van der Waals surface area contributed by atoms with Crippen molar-refractivity contribution in [3.05, 3.63) is 37.8 Å². The highest BCUT2D eigenvalue weighted by atomic mass is 79.9. The molecule has 3 aromatic rings. The molecule has 1 amide bonds. The summed E-state index contributed by atoms with van der Waals surface area (Å²) in [6, 6.07) is 2.63. The molecule has 0 saturated carbocycles. The van der Waals surface area contributed by atoms with Crippen molar-refractivity contribution in [2.45, 2.75) is 6.18 Å². The normalized spacial score (nSPS) is 15.4. The highest BCUT2D eigenvalue weighted by molar-refractivity contribution is 9.11. The minimum absolute atomic E-state index is 0.0639.